The second-order valence-corrected chi connectivity index (χ2v) is 7.48. The highest BCUT2D eigenvalue weighted by atomic mass is 15.0. The van der Waals surface area contributed by atoms with Gasteiger partial charge in [0, 0.05) is 16.5 Å². The molecule has 5 rings (SSSR count). The normalized spacial score (nSPS) is 11.1. The van der Waals surface area contributed by atoms with Gasteiger partial charge in [0.2, 0.25) is 0 Å². The van der Waals surface area contributed by atoms with Crippen LogP contribution in [0, 0.1) is 25.2 Å². The fraction of sp³-hybridized carbons (Fsp3) is 0.0741. The summed E-state index contributed by atoms with van der Waals surface area (Å²) >= 11 is 0. The van der Waals surface area contributed by atoms with Gasteiger partial charge in [-0.1, -0.05) is 54.6 Å². The molecule has 138 valence electrons. The van der Waals surface area contributed by atoms with Crippen LogP contribution in [0.5, 0.6) is 0 Å². The van der Waals surface area contributed by atoms with Crippen LogP contribution >= 0.6 is 0 Å². The van der Waals surface area contributed by atoms with Crippen molar-refractivity contribution in [2.75, 3.05) is 0 Å². The Balaban J connectivity index is 1.94. The number of nitrogens with zero attached hydrogens (tertiary/aromatic N) is 2. The van der Waals surface area contributed by atoms with Crippen molar-refractivity contribution in [1.29, 1.82) is 5.26 Å². The predicted molar refractivity (Wildman–Crippen MR) is 120 cm³/mol. The summed E-state index contributed by atoms with van der Waals surface area (Å²) in [7, 11) is 0. The van der Waals surface area contributed by atoms with Gasteiger partial charge in [0.25, 0.3) is 0 Å². The quantitative estimate of drug-likeness (QED) is 0.330. The molecule has 0 radical (unpaired) electrons. The summed E-state index contributed by atoms with van der Waals surface area (Å²) in [6.07, 6.45) is 0. The third kappa shape index (κ3) is 2.63. The molecule has 2 heteroatoms. The van der Waals surface area contributed by atoms with E-state index in [1.54, 1.807) is 0 Å². The molecule has 0 aliphatic carbocycles. The number of para-hydroxylation sites is 2. The highest BCUT2D eigenvalue weighted by Gasteiger charge is 2.17. The first-order valence-corrected chi connectivity index (χ1v) is 9.78. The number of aryl methyl sites for hydroxylation is 2. The molecule has 1 heterocycles. The standard InChI is InChI=1S/C27H20N2/c1-18-12-15-25-27(26(18)20-13-14-21(17-28)19(2)16-20)23-10-6-7-11-24(23)29(25)22-8-4-3-5-9-22/h3-16H,1-2H3. The van der Waals surface area contributed by atoms with Gasteiger partial charge >= 0.3 is 0 Å². The zero-order valence-corrected chi connectivity index (χ0v) is 16.5. The Labute approximate surface area is 170 Å². The van der Waals surface area contributed by atoms with Crippen molar-refractivity contribution in [1.82, 2.24) is 4.57 Å². The topological polar surface area (TPSA) is 28.7 Å². The fourth-order valence-electron chi connectivity index (χ4n) is 4.34. The van der Waals surface area contributed by atoms with Gasteiger partial charge in [0.15, 0.2) is 0 Å². The van der Waals surface area contributed by atoms with Crippen LogP contribution in [-0.2, 0) is 0 Å². The lowest BCUT2D eigenvalue weighted by molar-refractivity contribution is 1.18. The Morgan fingerprint density at radius 1 is 0.724 bits per heavy atom. The Kier molecular flexibility index (Phi) is 3.96. The monoisotopic (exact) mass is 372 g/mol. The molecule has 0 spiro atoms. The maximum absolute atomic E-state index is 9.32. The summed E-state index contributed by atoms with van der Waals surface area (Å²) in [6, 6.07) is 31.9. The van der Waals surface area contributed by atoms with Crippen LogP contribution in [0.1, 0.15) is 16.7 Å². The van der Waals surface area contributed by atoms with E-state index in [1.807, 2.05) is 19.1 Å². The van der Waals surface area contributed by atoms with Crippen molar-refractivity contribution in [3.05, 3.63) is 102 Å². The minimum atomic E-state index is 0.727. The highest BCUT2D eigenvalue weighted by molar-refractivity contribution is 6.16. The van der Waals surface area contributed by atoms with Crippen LogP contribution in [0.2, 0.25) is 0 Å². The second kappa shape index (κ2) is 6.65. The van der Waals surface area contributed by atoms with E-state index in [-0.39, 0.29) is 0 Å². The Bertz CT molecular complexity index is 1420. The molecule has 4 aromatic carbocycles. The number of hydrogen-bond donors (Lipinski definition) is 0. The molecule has 0 saturated carbocycles. The van der Waals surface area contributed by atoms with E-state index in [9.17, 15) is 5.26 Å². The van der Waals surface area contributed by atoms with E-state index < -0.39 is 0 Å². The number of aromatic nitrogens is 1. The molecule has 29 heavy (non-hydrogen) atoms. The van der Waals surface area contributed by atoms with Crippen molar-refractivity contribution in [2.24, 2.45) is 0 Å². The summed E-state index contributed by atoms with van der Waals surface area (Å²) in [4.78, 5) is 0. The van der Waals surface area contributed by atoms with Crippen LogP contribution in [-0.4, -0.2) is 4.57 Å². The molecule has 0 N–H and O–H groups in total. The molecule has 5 aromatic rings. The van der Waals surface area contributed by atoms with Gasteiger partial charge < -0.3 is 4.57 Å². The molecule has 0 bridgehead atoms. The van der Waals surface area contributed by atoms with E-state index in [0.29, 0.717) is 0 Å². The number of nitriles is 1. The Morgan fingerprint density at radius 3 is 2.24 bits per heavy atom. The summed E-state index contributed by atoms with van der Waals surface area (Å²) in [6.45, 7) is 4.17. The lowest BCUT2D eigenvalue weighted by Gasteiger charge is -2.12. The third-order valence-corrected chi connectivity index (χ3v) is 5.70. The first-order chi connectivity index (χ1) is 14.2. The smallest absolute Gasteiger partial charge is 0.0994 e. The molecular formula is C27H20N2. The van der Waals surface area contributed by atoms with E-state index in [0.717, 1.165) is 22.4 Å². The van der Waals surface area contributed by atoms with Gasteiger partial charge in [0.05, 0.1) is 22.7 Å². The van der Waals surface area contributed by atoms with Crippen LogP contribution in [0.3, 0.4) is 0 Å². The van der Waals surface area contributed by atoms with E-state index >= 15 is 0 Å². The molecule has 0 saturated heterocycles. The molecule has 0 amide bonds. The third-order valence-electron chi connectivity index (χ3n) is 5.70. The molecule has 0 aliphatic heterocycles. The molecule has 0 atom stereocenters. The number of benzene rings is 4. The van der Waals surface area contributed by atoms with Crippen LogP contribution in [0.25, 0.3) is 38.6 Å². The lowest BCUT2D eigenvalue weighted by atomic mass is 9.93. The zero-order chi connectivity index (χ0) is 20.0. The lowest BCUT2D eigenvalue weighted by Crippen LogP contribution is -1.94. The zero-order valence-electron chi connectivity index (χ0n) is 16.5. The fourth-order valence-corrected chi connectivity index (χ4v) is 4.34. The van der Waals surface area contributed by atoms with E-state index in [1.165, 1.54) is 32.9 Å². The largest absolute Gasteiger partial charge is 0.309 e. The summed E-state index contributed by atoms with van der Waals surface area (Å²) in [5, 5.41) is 11.8. The van der Waals surface area contributed by atoms with Gasteiger partial charge in [-0.3, -0.25) is 0 Å². The average molecular weight is 372 g/mol. The molecular weight excluding hydrogens is 352 g/mol. The second-order valence-electron chi connectivity index (χ2n) is 7.48. The highest BCUT2D eigenvalue weighted by Crippen LogP contribution is 2.40. The molecule has 1 aromatic heterocycles. The van der Waals surface area contributed by atoms with E-state index in [2.05, 4.69) is 90.4 Å². The van der Waals surface area contributed by atoms with Gasteiger partial charge in [0.1, 0.15) is 0 Å². The van der Waals surface area contributed by atoms with E-state index in [4.69, 9.17) is 0 Å². The minimum Gasteiger partial charge on any atom is -0.309 e. The first kappa shape index (κ1) is 17.3. The average Bonchev–Trinajstić information content (AvgIpc) is 3.08. The Hall–Kier alpha value is -3.83. The number of rotatable bonds is 2. The van der Waals surface area contributed by atoms with Crippen molar-refractivity contribution >= 4 is 21.8 Å². The summed E-state index contributed by atoms with van der Waals surface area (Å²) in [5.74, 6) is 0. The maximum atomic E-state index is 9.32. The van der Waals surface area contributed by atoms with Gasteiger partial charge in [-0.2, -0.15) is 5.26 Å². The molecule has 0 unspecified atom stereocenters. The van der Waals surface area contributed by atoms with Crippen LogP contribution in [0.4, 0.5) is 0 Å². The van der Waals surface area contributed by atoms with Crippen molar-refractivity contribution < 1.29 is 0 Å². The maximum Gasteiger partial charge on any atom is 0.0994 e. The number of hydrogen-bond acceptors (Lipinski definition) is 1. The van der Waals surface area contributed by atoms with Gasteiger partial charge in [-0.05, 0) is 66.4 Å². The summed E-state index contributed by atoms with van der Waals surface area (Å²) < 4.78 is 2.34. The molecule has 0 aliphatic rings. The van der Waals surface area contributed by atoms with Gasteiger partial charge in [-0.15, -0.1) is 0 Å². The van der Waals surface area contributed by atoms with Crippen molar-refractivity contribution in [2.45, 2.75) is 13.8 Å². The van der Waals surface area contributed by atoms with Crippen LogP contribution in [0.15, 0.2) is 84.9 Å². The predicted octanol–water partition coefficient (Wildman–Crippen LogP) is 6.94. The number of fused-ring (bicyclic) bond motifs is 3. The Morgan fingerprint density at radius 2 is 1.48 bits per heavy atom. The van der Waals surface area contributed by atoms with Crippen molar-refractivity contribution in [3.8, 4) is 22.9 Å². The minimum absolute atomic E-state index is 0.727. The van der Waals surface area contributed by atoms with Crippen LogP contribution < -0.4 is 0 Å². The first-order valence-electron chi connectivity index (χ1n) is 9.78. The SMILES string of the molecule is Cc1cc(-c2c(C)ccc3c2c2ccccc2n3-c2ccccc2)ccc1C#N. The van der Waals surface area contributed by atoms with Gasteiger partial charge in [-0.25, -0.2) is 0 Å². The molecule has 0 fully saturated rings. The summed E-state index contributed by atoms with van der Waals surface area (Å²) in [5.41, 5.74) is 8.91. The van der Waals surface area contributed by atoms with Crippen molar-refractivity contribution in [3.63, 3.8) is 0 Å². The molecule has 2 nitrogen and oxygen atoms in total.